The van der Waals surface area contributed by atoms with Crippen LogP contribution in [0.25, 0.3) is 10.8 Å². The molecule has 4 aromatic carbocycles. The highest BCUT2D eigenvalue weighted by atomic mass is 16.3. The standard InChI is InChI=1S/C39H35N3O5/c1-3-41-35(44)29-18-17-28-30(33(29)37(41)46)21-31-36(45)42(40-24-15-13-22(2)14-16-24)38(47)39(31,23-9-5-4-6-10-23)34(28)27-19-20-32(43)26-12-8-7-11-25(26)27/h4-17,19-20,29-31,33-34,40,43H,3,18,21H2,1-2H3. The highest BCUT2D eigenvalue weighted by Gasteiger charge is 2.70. The van der Waals surface area contributed by atoms with E-state index in [9.17, 15) is 19.5 Å². The molecule has 8 rings (SSSR count). The second-order valence-corrected chi connectivity index (χ2v) is 13.2. The van der Waals surface area contributed by atoms with Crippen molar-refractivity contribution >= 4 is 40.1 Å². The van der Waals surface area contributed by atoms with Crippen molar-refractivity contribution in [2.24, 2.45) is 23.7 Å². The third-order valence-corrected chi connectivity index (χ3v) is 11.0. The van der Waals surface area contributed by atoms with E-state index in [4.69, 9.17) is 0 Å². The van der Waals surface area contributed by atoms with Crippen LogP contribution >= 0.6 is 0 Å². The van der Waals surface area contributed by atoms with Crippen molar-refractivity contribution in [1.82, 2.24) is 9.91 Å². The number of anilines is 1. The molecule has 0 spiro atoms. The molecule has 6 atom stereocenters. The Hall–Kier alpha value is -5.24. The van der Waals surface area contributed by atoms with E-state index in [0.29, 0.717) is 29.6 Å². The maximum absolute atomic E-state index is 15.3. The number of nitrogens with one attached hydrogen (secondary N) is 1. The van der Waals surface area contributed by atoms with Gasteiger partial charge in [-0.2, -0.15) is 5.01 Å². The predicted molar refractivity (Wildman–Crippen MR) is 177 cm³/mol. The number of benzene rings is 4. The van der Waals surface area contributed by atoms with Crippen LogP contribution in [0.5, 0.6) is 5.75 Å². The van der Waals surface area contributed by atoms with Gasteiger partial charge in [0.15, 0.2) is 0 Å². The zero-order chi connectivity index (χ0) is 32.6. The molecule has 2 aliphatic heterocycles. The molecule has 4 aliphatic rings. The molecule has 4 aromatic rings. The molecule has 4 amide bonds. The molecule has 1 saturated carbocycles. The van der Waals surface area contributed by atoms with Crippen molar-refractivity contribution in [2.45, 2.75) is 38.0 Å². The van der Waals surface area contributed by atoms with Crippen LogP contribution in [0.2, 0.25) is 0 Å². The number of rotatable bonds is 5. The first-order valence-corrected chi connectivity index (χ1v) is 16.3. The van der Waals surface area contributed by atoms with Crippen LogP contribution in [0.1, 0.15) is 42.4 Å². The minimum atomic E-state index is -1.36. The van der Waals surface area contributed by atoms with E-state index >= 15 is 4.79 Å². The molecule has 8 heteroatoms. The van der Waals surface area contributed by atoms with Gasteiger partial charge in [0.1, 0.15) is 5.75 Å². The summed E-state index contributed by atoms with van der Waals surface area (Å²) in [6.45, 7) is 4.07. The largest absolute Gasteiger partial charge is 0.507 e. The number of phenols is 1. The Labute approximate surface area is 272 Å². The van der Waals surface area contributed by atoms with Gasteiger partial charge in [0.25, 0.3) is 11.8 Å². The van der Waals surface area contributed by atoms with E-state index in [-0.39, 0.29) is 35.8 Å². The first-order valence-electron chi connectivity index (χ1n) is 16.3. The molecule has 0 bridgehead atoms. The normalized spacial score (nSPS) is 28.3. The van der Waals surface area contributed by atoms with E-state index in [2.05, 4.69) is 11.5 Å². The number of aromatic hydroxyl groups is 1. The average molecular weight is 626 g/mol. The van der Waals surface area contributed by atoms with Crippen molar-refractivity contribution in [3.63, 3.8) is 0 Å². The summed E-state index contributed by atoms with van der Waals surface area (Å²) < 4.78 is 0. The fraction of sp³-hybridized carbons (Fsp3) is 0.282. The molecule has 2 heterocycles. The predicted octanol–water partition coefficient (Wildman–Crippen LogP) is 5.86. The number of aryl methyl sites for hydroxylation is 1. The van der Waals surface area contributed by atoms with E-state index < -0.39 is 35.0 Å². The Morgan fingerprint density at radius 3 is 2.23 bits per heavy atom. The van der Waals surface area contributed by atoms with Gasteiger partial charge in [0.05, 0.1) is 28.9 Å². The first kappa shape index (κ1) is 29.2. The van der Waals surface area contributed by atoms with Gasteiger partial charge < -0.3 is 5.11 Å². The molecule has 2 N–H and O–H groups in total. The molecular formula is C39H35N3O5. The molecule has 3 fully saturated rings. The fourth-order valence-corrected chi connectivity index (χ4v) is 9.03. The van der Waals surface area contributed by atoms with Gasteiger partial charge in [-0.25, -0.2) is 0 Å². The second-order valence-electron chi connectivity index (χ2n) is 13.2. The van der Waals surface area contributed by atoms with Gasteiger partial charge in [0, 0.05) is 17.8 Å². The van der Waals surface area contributed by atoms with Crippen LogP contribution in [0.15, 0.2) is 103 Å². The number of imide groups is 2. The summed E-state index contributed by atoms with van der Waals surface area (Å²) >= 11 is 0. The number of fused-ring (bicyclic) bond motifs is 5. The van der Waals surface area contributed by atoms with E-state index in [1.165, 1.54) is 9.91 Å². The minimum absolute atomic E-state index is 0.117. The number of hydrazine groups is 1. The highest BCUT2D eigenvalue weighted by Crippen LogP contribution is 2.64. The quantitative estimate of drug-likeness (QED) is 0.213. The number of hydrogen-bond acceptors (Lipinski definition) is 6. The Morgan fingerprint density at radius 2 is 1.51 bits per heavy atom. The van der Waals surface area contributed by atoms with Crippen molar-refractivity contribution < 1.29 is 24.3 Å². The number of allylic oxidation sites excluding steroid dienone is 2. The number of amides is 4. The molecular weight excluding hydrogens is 590 g/mol. The Balaban J connectivity index is 1.40. The van der Waals surface area contributed by atoms with Gasteiger partial charge >= 0.3 is 0 Å². The monoisotopic (exact) mass is 625 g/mol. The third kappa shape index (κ3) is 4.00. The molecule has 0 aromatic heterocycles. The third-order valence-electron chi connectivity index (χ3n) is 11.0. The SMILES string of the molecule is CCN1C(=O)C2CC=C3C(CC4C(=O)N(Nc5ccc(C)cc5)C(=O)C4(c4ccccc4)C3c3ccc(O)c4ccccc34)C2C1=O. The summed E-state index contributed by atoms with van der Waals surface area (Å²) in [5.41, 5.74) is 5.85. The lowest BCUT2D eigenvalue weighted by molar-refractivity contribution is -0.141. The Kier molecular flexibility index (Phi) is 6.62. The molecule has 236 valence electrons. The Bertz CT molecular complexity index is 2000. The Morgan fingerprint density at radius 1 is 0.809 bits per heavy atom. The van der Waals surface area contributed by atoms with Crippen molar-refractivity contribution in [3.8, 4) is 5.75 Å². The molecule has 2 aliphatic carbocycles. The minimum Gasteiger partial charge on any atom is -0.507 e. The maximum atomic E-state index is 15.3. The zero-order valence-corrected chi connectivity index (χ0v) is 26.2. The number of hydrogen-bond donors (Lipinski definition) is 2. The number of likely N-dealkylation sites (tertiary alicyclic amines) is 1. The van der Waals surface area contributed by atoms with Crippen LogP contribution in [-0.2, 0) is 24.6 Å². The molecule has 8 nitrogen and oxygen atoms in total. The summed E-state index contributed by atoms with van der Waals surface area (Å²) in [5, 5.41) is 13.5. The second kappa shape index (κ2) is 10.7. The summed E-state index contributed by atoms with van der Waals surface area (Å²) in [6, 6.07) is 28.0. The maximum Gasteiger partial charge on any atom is 0.260 e. The van der Waals surface area contributed by atoms with Crippen molar-refractivity contribution in [2.75, 3.05) is 12.0 Å². The van der Waals surface area contributed by atoms with Crippen LogP contribution in [0, 0.1) is 30.6 Å². The van der Waals surface area contributed by atoms with Gasteiger partial charge in [-0.15, -0.1) is 0 Å². The first-order chi connectivity index (χ1) is 22.8. The smallest absolute Gasteiger partial charge is 0.260 e. The summed E-state index contributed by atoms with van der Waals surface area (Å²) in [5.74, 6) is -3.98. The zero-order valence-electron chi connectivity index (χ0n) is 26.2. The van der Waals surface area contributed by atoms with Crippen LogP contribution in [0.4, 0.5) is 5.69 Å². The summed E-state index contributed by atoms with van der Waals surface area (Å²) in [4.78, 5) is 58.7. The summed E-state index contributed by atoms with van der Waals surface area (Å²) in [7, 11) is 0. The average Bonchev–Trinajstić information content (AvgIpc) is 3.47. The van der Waals surface area contributed by atoms with Crippen LogP contribution < -0.4 is 5.43 Å². The number of phenolic OH excluding ortho intramolecular Hbond substituents is 1. The van der Waals surface area contributed by atoms with E-state index in [1.54, 1.807) is 6.07 Å². The summed E-state index contributed by atoms with van der Waals surface area (Å²) in [6.07, 6.45) is 2.70. The lowest BCUT2D eigenvalue weighted by Gasteiger charge is -2.51. The van der Waals surface area contributed by atoms with Crippen LogP contribution in [0.3, 0.4) is 0 Å². The van der Waals surface area contributed by atoms with E-state index in [1.807, 2.05) is 98.8 Å². The molecule has 47 heavy (non-hydrogen) atoms. The number of carbonyl (C=O) groups is 4. The molecule has 0 radical (unpaired) electrons. The lowest BCUT2D eigenvalue weighted by Crippen LogP contribution is -2.53. The molecule has 2 saturated heterocycles. The van der Waals surface area contributed by atoms with Crippen molar-refractivity contribution in [3.05, 3.63) is 119 Å². The van der Waals surface area contributed by atoms with E-state index in [0.717, 1.165) is 22.1 Å². The topological polar surface area (TPSA) is 107 Å². The highest BCUT2D eigenvalue weighted by molar-refractivity contribution is 6.13. The van der Waals surface area contributed by atoms with Gasteiger partial charge in [-0.05, 0) is 67.3 Å². The number of carbonyl (C=O) groups excluding carboxylic acids is 4. The molecule has 6 unspecified atom stereocenters. The van der Waals surface area contributed by atoms with Crippen LogP contribution in [-0.4, -0.2) is 45.2 Å². The van der Waals surface area contributed by atoms with Crippen molar-refractivity contribution in [1.29, 1.82) is 0 Å². The van der Waals surface area contributed by atoms with Gasteiger partial charge in [0.2, 0.25) is 11.8 Å². The number of nitrogens with zero attached hydrogens (tertiary/aromatic N) is 2. The lowest BCUT2D eigenvalue weighted by atomic mass is 9.49. The van der Waals surface area contributed by atoms with Gasteiger partial charge in [-0.3, -0.25) is 29.5 Å². The van der Waals surface area contributed by atoms with Gasteiger partial charge in [-0.1, -0.05) is 90.0 Å². The fourth-order valence-electron chi connectivity index (χ4n) is 9.03.